The van der Waals surface area contributed by atoms with Crippen LogP contribution >= 0.6 is 0 Å². The van der Waals surface area contributed by atoms with Crippen molar-refractivity contribution < 1.29 is 14.7 Å². The molecule has 9 nitrogen and oxygen atoms in total. The Labute approximate surface area is 149 Å². The third kappa shape index (κ3) is 3.24. The van der Waals surface area contributed by atoms with Gasteiger partial charge in [0.1, 0.15) is 17.4 Å². The van der Waals surface area contributed by atoms with Crippen molar-refractivity contribution in [3.05, 3.63) is 38.2 Å². The molecular weight excluding hydrogens is 340 g/mol. The fraction of sp³-hybridized carbons (Fsp3) is 0.471. The molecule has 2 atom stereocenters. The summed E-state index contributed by atoms with van der Waals surface area (Å²) in [5, 5.41) is 12.0. The zero-order valence-corrected chi connectivity index (χ0v) is 15.4. The minimum absolute atomic E-state index is 0.0483. The summed E-state index contributed by atoms with van der Waals surface area (Å²) in [5.74, 6) is -2.07. The average molecular weight is 362 g/mol. The number of carboxylic acids is 1. The van der Waals surface area contributed by atoms with E-state index < -0.39 is 29.2 Å². The smallest absolute Gasteiger partial charge is 0.332 e. The Kier molecular flexibility index (Phi) is 5.29. The molecule has 0 saturated carbocycles. The highest BCUT2D eigenvalue weighted by molar-refractivity contribution is 5.97. The Morgan fingerprint density at radius 2 is 1.88 bits per heavy atom. The van der Waals surface area contributed by atoms with Gasteiger partial charge in [0, 0.05) is 14.1 Å². The van der Waals surface area contributed by atoms with Gasteiger partial charge in [-0.3, -0.25) is 18.7 Å². The number of fused-ring (bicyclic) bond motifs is 1. The normalized spacial score (nSPS) is 13.4. The number of hydrogen-bond donors (Lipinski definition) is 2. The number of carboxylic acid groups (broad SMARTS) is 1. The second kappa shape index (κ2) is 7.11. The minimum atomic E-state index is -1.13. The van der Waals surface area contributed by atoms with E-state index in [9.17, 15) is 24.3 Å². The van der Waals surface area contributed by atoms with Gasteiger partial charge >= 0.3 is 11.7 Å². The Bertz CT molecular complexity index is 1000. The summed E-state index contributed by atoms with van der Waals surface area (Å²) in [5.41, 5.74) is -0.545. The predicted molar refractivity (Wildman–Crippen MR) is 95.3 cm³/mol. The van der Waals surface area contributed by atoms with E-state index in [1.54, 1.807) is 13.8 Å². The molecule has 0 spiro atoms. The molecule has 1 amide bonds. The van der Waals surface area contributed by atoms with Crippen molar-refractivity contribution in [1.29, 1.82) is 0 Å². The number of aliphatic carboxylic acids is 1. The molecule has 140 valence electrons. The van der Waals surface area contributed by atoms with E-state index >= 15 is 0 Å². The van der Waals surface area contributed by atoms with Crippen LogP contribution in [0, 0.1) is 12.8 Å². The highest BCUT2D eigenvalue weighted by Gasteiger charge is 2.27. The number of aryl methyl sites for hydroxylation is 2. The standard InChI is InChI=1S/C17H22N4O5/c1-6-8(2)12(16(24)25)19-14(22)10-7-9(3)11-13(18-10)20(4)17(26)21(5)15(11)23/h7-8,12H,6H2,1-5H3,(H,19,22)(H,24,25)/t8-,12-/m0/s1. The lowest BCUT2D eigenvalue weighted by molar-refractivity contribution is -0.140. The molecule has 0 aliphatic rings. The molecule has 2 aromatic rings. The Morgan fingerprint density at radius 3 is 2.42 bits per heavy atom. The van der Waals surface area contributed by atoms with Gasteiger partial charge in [-0.25, -0.2) is 14.6 Å². The Balaban J connectivity index is 2.58. The van der Waals surface area contributed by atoms with Crippen molar-refractivity contribution in [2.45, 2.75) is 33.2 Å². The van der Waals surface area contributed by atoms with Gasteiger partial charge < -0.3 is 10.4 Å². The van der Waals surface area contributed by atoms with Crippen molar-refractivity contribution in [2.24, 2.45) is 20.0 Å². The first kappa shape index (κ1) is 19.4. The largest absolute Gasteiger partial charge is 0.480 e. The summed E-state index contributed by atoms with van der Waals surface area (Å²) in [6, 6.07) is 0.358. The second-order valence-corrected chi connectivity index (χ2v) is 6.40. The third-order valence-corrected chi connectivity index (χ3v) is 4.61. The first-order valence-electron chi connectivity index (χ1n) is 8.21. The van der Waals surface area contributed by atoms with Gasteiger partial charge in [-0.1, -0.05) is 20.3 Å². The van der Waals surface area contributed by atoms with E-state index in [4.69, 9.17) is 0 Å². The van der Waals surface area contributed by atoms with Gasteiger partial charge in [0.05, 0.1) is 5.39 Å². The van der Waals surface area contributed by atoms with Crippen molar-refractivity contribution in [2.75, 3.05) is 0 Å². The Morgan fingerprint density at radius 1 is 1.27 bits per heavy atom. The van der Waals surface area contributed by atoms with E-state index in [2.05, 4.69) is 10.3 Å². The maximum Gasteiger partial charge on any atom is 0.332 e. The number of nitrogens with zero attached hydrogens (tertiary/aromatic N) is 3. The molecule has 2 aromatic heterocycles. The summed E-state index contributed by atoms with van der Waals surface area (Å²) < 4.78 is 2.16. The van der Waals surface area contributed by atoms with Crippen molar-refractivity contribution in [3.8, 4) is 0 Å². The summed E-state index contributed by atoms with van der Waals surface area (Å²) >= 11 is 0. The Hall–Kier alpha value is -2.97. The topological polar surface area (TPSA) is 123 Å². The highest BCUT2D eigenvalue weighted by atomic mass is 16.4. The lowest BCUT2D eigenvalue weighted by Crippen LogP contribution is -2.45. The maximum absolute atomic E-state index is 12.5. The maximum atomic E-state index is 12.5. The number of rotatable bonds is 5. The van der Waals surface area contributed by atoms with E-state index in [1.807, 2.05) is 6.92 Å². The van der Waals surface area contributed by atoms with Crippen LogP contribution in [0.1, 0.15) is 36.3 Å². The van der Waals surface area contributed by atoms with Crippen molar-refractivity contribution in [1.82, 2.24) is 19.4 Å². The van der Waals surface area contributed by atoms with Crippen LogP contribution in [-0.2, 0) is 18.9 Å². The van der Waals surface area contributed by atoms with Gasteiger partial charge in [0.15, 0.2) is 0 Å². The molecule has 26 heavy (non-hydrogen) atoms. The molecule has 2 heterocycles. The first-order valence-corrected chi connectivity index (χ1v) is 8.21. The van der Waals surface area contributed by atoms with E-state index in [0.717, 1.165) is 4.57 Å². The van der Waals surface area contributed by atoms with Crippen LogP contribution in [0.2, 0.25) is 0 Å². The van der Waals surface area contributed by atoms with Crippen molar-refractivity contribution in [3.63, 3.8) is 0 Å². The lowest BCUT2D eigenvalue weighted by atomic mass is 9.99. The van der Waals surface area contributed by atoms with Gasteiger partial charge in [0.2, 0.25) is 0 Å². The fourth-order valence-corrected chi connectivity index (χ4v) is 2.75. The molecule has 9 heteroatoms. The molecule has 0 aliphatic heterocycles. The van der Waals surface area contributed by atoms with Gasteiger partial charge in [0.25, 0.3) is 11.5 Å². The van der Waals surface area contributed by atoms with E-state index in [-0.39, 0.29) is 22.6 Å². The number of hydrogen-bond acceptors (Lipinski definition) is 5. The summed E-state index contributed by atoms with van der Waals surface area (Å²) in [4.78, 5) is 52.5. The number of amides is 1. The van der Waals surface area contributed by atoms with Crippen LogP contribution in [0.3, 0.4) is 0 Å². The van der Waals surface area contributed by atoms with Crippen LogP contribution in [0.25, 0.3) is 11.0 Å². The third-order valence-electron chi connectivity index (χ3n) is 4.61. The number of carbonyl (C=O) groups is 2. The molecular formula is C17H22N4O5. The average Bonchev–Trinajstić information content (AvgIpc) is 2.60. The number of pyridine rings is 1. The summed E-state index contributed by atoms with van der Waals surface area (Å²) in [7, 11) is 2.82. The van der Waals surface area contributed by atoms with Crippen LogP contribution in [-0.4, -0.2) is 37.1 Å². The van der Waals surface area contributed by atoms with Crippen molar-refractivity contribution >= 4 is 22.9 Å². The first-order chi connectivity index (χ1) is 12.1. The quantitative estimate of drug-likeness (QED) is 0.781. The summed E-state index contributed by atoms with van der Waals surface area (Å²) in [6.45, 7) is 5.19. The van der Waals surface area contributed by atoms with Gasteiger partial charge in [-0.2, -0.15) is 0 Å². The van der Waals surface area contributed by atoms with Crippen LogP contribution in [0.4, 0.5) is 0 Å². The molecule has 0 aliphatic carbocycles. The highest BCUT2D eigenvalue weighted by Crippen LogP contribution is 2.14. The fourth-order valence-electron chi connectivity index (χ4n) is 2.75. The second-order valence-electron chi connectivity index (χ2n) is 6.40. The van der Waals surface area contributed by atoms with Crippen LogP contribution in [0.5, 0.6) is 0 Å². The molecule has 0 fully saturated rings. The minimum Gasteiger partial charge on any atom is -0.480 e. The van der Waals surface area contributed by atoms with Crippen LogP contribution in [0.15, 0.2) is 15.7 Å². The molecule has 0 bridgehead atoms. The zero-order valence-electron chi connectivity index (χ0n) is 15.4. The van der Waals surface area contributed by atoms with Gasteiger partial charge in [-0.15, -0.1) is 0 Å². The monoisotopic (exact) mass is 362 g/mol. The zero-order chi connectivity index (χ0) is 19.8. The predicted octanol–water partition coefficient (Wildman–Crippen LogP) is 0.170. The number of nitrogens with one attached hydrogen (secondary N) is 1. The molecule has 2 rings (SSSR count). The molecule has 0 aromatic carbocycles. The molecule has 0 radical (unpaired) electrons. The molecule has 0 saturated heterocycles. The molecule has 2 N–H and O–H groups in total. The van der Waals surface area contributed by atoms with Crippen LogP contribution < -0.4 is 16.6 Å². The summed E-state index contributed by atoms with van der Waals surface area (Å²) in [6.07, 6.45) is 0.575. The van der Waals surface area contributed by atoms with E-state index in [0.29, 0.717) is 12.0 Å². The number of aromatic nitrogens is 3. The van der Waals surface area contributed by atoms with Gasteiger partial charge in [-0.05, 0) is 24.5 Å². The lowest BCUT2D eigenvalue weighted by Gasteiger charge is -2.20. The number of carbonyl (C=O) groups excluding carboxylic acids is 1. The molecule has 0 unspecified atom stereocenters. The van der Waals surface area contributed by atoms with E-state index in [1.165, 1.54) is 24.7 Å². The SMILES string of the molecule is CC[C@H](C)[C@H](NC(=O)c1cc(C)c2c(=O)n(C)c(=O)n(C)c2n1)C(=O)O.